The van der Waals surface area contributed by atoms with Crippen LogP contribution in [0.3, 0.4) is 0 Å². The molecule has 0 aromatic carbocycles. The summed E-state index contributed by atoms with van der Waals surface area (Å²) in [7, 11) is 0. The lowest BCUT2D eigenvalue weighted by Gasteiger charge is -2.33. The SMILES string of the molecule is CC(O)CC(C)(C)C(CCCCC(C)(C)C)C(=O)OO. The summed E-state index contributed by atoms with van der Waals surface area (Å²) in [6, 6.07) is 0. The monoisotopic (exact) mass is 288 g/mol. The van der Waals surface area contributed by atoms with Crippen molar-refractivity contribution in [2.45, 2.75) is 79.8 Å². The lowest BCUT2D eigenvalue weighted by molar-refractivity contribution is -0.243. The maximum absolute atomic E-state index is 11.8. The van der Waals surface area contributed by atoms with Crippen LogP contribution in [0.15, 0.2) is 0 Å². The van der Waals surface area contributed by atoms with Crippen LogP contribution in [-0.2, 0) is 9.68 Å². The second-order valence-corrected chi connectivity index (χ2v) is 7.81. The maximum Gasteiger partial charge on any atom is 0.345 e. The van der Waals surface area contributed by atoms with Crippen molar-refractivity contribution >= 4 is 5.97 Å². The molecule has 0 saturated carbocycles. The van der Waals surface area contributed by atoms with Crippen molar-refractivity contribution in [2.24, 2.45) is 16.7 Å². The topological polar surface area (TPSA) is 66.8 Å². The molecule has 0 aromatic rings. The Morgan fingerprint density at radius 2 is 1.70 bits per heavy atom. The molecule has 0 spiro atoms. The van der Waals surface area contributed by atoms with Gasteiger partial charge < -0.3 is 9.99 Å². The van der Waals surface area contributed by atoms with Gasteiger partial charge in [0, 0.05) is 0 Å². The summed E-state index contributed by atoms with van der Waals surface area (Å²) >= 11 is 0. The summed E-state index contributed by atoms with van der Waals surface area (Å²) in [5.74, 6) is -0.978. The van der Waals surface area contributed by atoms with Crippen LogP contribution in [0.5, 0.6) is 0 Å². The van der Waals surface area contributed by atoms with E-state index in [2.05, 4.69) is 25.7 Å². The van der Waals surface area contributed by atoms with E-state index in [0.29, 0.717) is 18.3 Å². The van der Waals surface area contributed by atoms with Gasteiger partial charge in [0.25, 0.3) is 0 Å². The van der Waals surface area contributed by atoms with Gasteiger partial charge in [0.1, 0.15) is 0 Å². The van der Waals surface area contributed by atoms with Crippen LogP contribution in [0, 0.1) is 16.7 Å². The van der Waals surface area contributed by atoms with Gasteiger partial charge in [-0.1, -0.05) is 47.5 Å². The van der Waals surface area contributed by atoms with Crippen LogP contribution in [0.1, 0.15) is 73.6 Å². The van der Waals surface area contributed by atoms with Crippen LogP contribution in [0.4, 0.5) is 0 Å². The molecule has 0 aliphatic rings. The molecular formula is C16H32O4. The van der Waals surface area contributed by atoms with Crippen molar-refractivity contribution < 1.29 is 20.0 Å². The fourth-order valence-electron chi connectivity index (χ4n) is 2.80. The quantitative estimate of drug-likeness (QED) is 0.402. The van der Waals surface area contributed by atoms with Gasteiger partial charge in [0.05, 0.1) is 12.0 Å². The largest absolute Gasteiger partial charge is 0.393 e. The number of carbonyl (C=O) groups is 1. The highest BCUT2D eigenvalue weighted by molar-refractivity contribution is 5.72. The number of hydrogen-bond donors (Lipinski definition) is 2. The average molecular weight is 288 g/mol. The first-order chi connectivity index (χ1) is 8.99. The van der Waals surface area contributed by atoms with E-state index in [9.17, 15) is 9.90 Å². The summed E-state index contributed by atoms with van der Waals surface area (Å²) in [5, 5.41) is 18.2. The predicted molar refractivity (Wildman–Crippen MR) is 80.2 cm³/mol. The summed E-state index contributed by atoms with van der Waals surface area (Å²) in [6.07, 6.45) is 3.77. The van der Waals surface area contributed by atoms with E-state index in [1.807, 2.05) is 13.8 Å². The fraction of sp³-hybridized carbons (Fsp3) is 0.938. The highest BCUT2D eigenvalue weighted by Crippen LogP contribution is 2.37. The van der Waals surface area contributed by atoms with E-state index in [4.69, 9.17) is 5.26 Å². The van der Waals surface area contributed by atoms with Crippen LogP contribution >= 0.6 is 0 Å². The van der Waals surface area contributed by atoms with Gasteiger partial charge in [-0.05, 0) is 37.0 Å². The Balaban J connectivity index is 4.54. The third kappa shape index (κ3) is 7.85. The van der Waals surface area contributed by atoms with Crippen LogP contribution in [-0.4, -0.2) is 22.4 Å². The van der Waals surface area contributed by atoms with E-state index >= 15 is 0 Å². The number of rotatable bonds is 8. The molecule has 4 heteroatoms. The summed E-state index contributed by atoms with van der Waals surface area (Å²) < 4.78 is 0. The van der Waals surface area contributed by atoms with E-state index < -0.39 is 17.5 Å². The van der Waals surface area contributed by atoms with Crippen LogP contribution in [0.25, 0.3) is 0 Å². The van der Waals surface area contributed by atoms with Crippen molar-refractivity contribution in [2.75, 3.05) is 0 Å². The Bertz CT molecular complexity index is 289. The van der Waals surface area contributed by atoms with Gasteiger partial charge in [-0.25, -0.2) is 4.79 Å². The van der Waals surface area contributed by atoms with Gasteiger partial charge in [-0.3, -0.25) is 0 Å². The summed E-state index contributed by atoms with van der Waals surface area (Å²) in [5.41, 5.74) is -0.0994. The molecule has 0 amide bonds. The maximum atomic E-state index is 11.8. The van der Waals surface area contributed by atoms with E-state index in [1.54, 1.807) is 6.92 Å². The van der Waals surface area contributed by atoms with E-state index in [1.165, 1.54) is 0 Å². The lowest BCUT2D eigenvalue weighted by atomic mass is 9.72. The minimum Gasteiger partial charge on any atom is -0.393 e. The van der Waals surface area contributed by atoms with Gasteiger partial charge in [0.2, 0.25) is 0 Å². The number of unbranched alkanes of at least 4 members (excludes halogenated alkanes) is 1. The standard InChI is InChI=1S/C16H32O4/c1-12(17)11-16(5,6)13(14(18)20-19)9-7-8-10-15(2,3)4/h12-13,17,19H,7-11H2,1-6H3. The zero-order chi connectivity index (χ0) is 16.0. The second kappa shape index (κ2) is 7.99. The van der Waals surface area contributed by atoms with Gasteiger partial charge in [-0.15, -0.1) is 0 Å². The molecule has 2 N–H and O–H groups in total. The lowest BCUT2D eigenvalue weighted by Crippen LogP contribution is -2.34. The summed E-state index contributed by atoms with van der Waals surface area (Å²) in [4.78, 5) is 15.7. The number of aliphatic hydroxyl groups is 1. The van der Waals surface area contributed by atoms with Crippen molar-refractivity contribution in [3.05, 3.63) is 0 Å². The van der Waals surface area contributed by atoms with Crippen molar-refractivity contribution in [3.63, 3.8) is 0 Å². The summed E-state index contributed by atoms with van der Waals surface area (Å²) in [6.45, 7) is 12.2. The molecule has 0 aliphatic carbocycles. The van der Waals surface area contributed by atoms with Gasteiger partial charge in [0.15, 0.2) is 0 Å². The third-order valence-corrected chi connectivity index (χ3v) is 3.81. The Labute approximate surface area is 123 Å². The smallest absolute Gasteiger partial charge is 0.345 e. The van der Waals surface area contributed by atoms with Gasteiger partial charge >= 0.3 is 5.97 Å². The Hall–Kier alpha value is -0.610. The molecule has 0 rings (SSSR count). The minimum atomic E-state index is -0.591. The number of carbonyl (C=O) groups excluding carboxylic acids is 1. The van der Waals surface area contributed by atoms with Gasteiger partial charge in [-0.2, -0.15) is 5.26 Å². The Kier molecular flexibility index (Phi) is 7.74. The van der Waals surface area contributed by atoms with Crippen LogP contribution < -0.4 is 0 Å². The molecule has 0 radical (unpaired) electrons. The highest BCUT2D eigenvalue weighted by atomic mass is 17.1. The average Bonchev–Trinajstić information content (AvgIpc) is 2.24. The molecule has 0 bridgehead atoms. The molecule has 0 fully saturated rings. The van der Waals surface area contributed by atoms with Crippen molar-refractivity contribution in [3.8, 4) is 0 Å². The van der Waals surface area contributed by atoms with Crippen molar-refractivity contribution in [1.29, 1.82) is 0 Å². The van der Waals surface area contributed by atoms with E-state index in [0.717, 1.165) is 19.3 Å². The number of hydrogen-bond acceptors (Lipinski definition) is 4. The first-order valence-electron chi connectivity index (χ1n) is 7.53. The van der Waals surface area contributed by atoms with Crippen LogP contribution in [0.2, 0.25) is 0 Å². The molecule has 20 heavy (non-hydrogen) atoms. The fourth-order valence-corrected chi connectivity index (χ4v) is 2.80. The second-order valence-electron chi connectivity index (χ2n) is 7.81. The first-order valence-corrected chi connectivity index (χ1v) is 7.53. The minimum absolute atomic E-state index is 0.294. The highest BCUT2D eigenvalue weighted by Gasteiger charge is 2.37. The molecule has 0 heterocycles. The molecule has 0 saturated heterocycles. The molecule has 2 unspecified atom stereocenters. The first kappa shape index (κ1) is 19.4. The molecule has 120 valence electrons. The Morgan fingerprint density at radius 1 is 1.15 bits per heavy atom. The zero-order valence-electron chi connectivity index (χ0n) is 13.9. The third-order valence-electron chi connectivity index (χ3n) is 3.81. The molecule has 0 aliphatic heterocycles. The molecule has 4 nitrogen and oxygen atoms in total. The molecule has 2 atom stereocenters. The predicted octanol–water partition coefficient (Wildman–Crippen LogP) is 4.02. The van der Waals surface area contributed by atoms with E-state index in [-0.39, 0.29) is 5.92 Å². The molecule has 0 aromatic heterocycles. The zero-order valence-corrected chi connectivity index (χ0v) is 13.9. The normalized spacial score (nSPS) is 15.8. The van der Waals surface area contributed by atoms with Crippen molar-refractivity contribution in [1.82, 2.24) is 0 Å². The Morgan fingerprint density at radius 3 is 2.10 bits per heavy atom. The number of aliphatic hydroxyl groups excluding tert-OH is 1. The molecular weight excluding hydrogens is 256 g/mol.